The fourth-order valence-electron chi connectivity index (χ4n) is 4.44. The van der Waals surface area contributed by atoms with E-state index in [9.17, 15) is 14.4 Å². The zero-order valence-corrected chi connectivity index (χ0v) is 26.7. The quantitative estimate of drug-likeness (QED) is 0.107. The molecule has 1 heterocycles. The Kier molecular flexibility index (Phi) is 10.2. The molecule has 0 spiro atoms. The number of rotatable bonds is 10. The van der Waals surface area contributed by atoms with Crippen LogP contribution in [0.4, 0.5) is 10.8 Å². The van der Waals surface area contributed by atoms with Crippen LogP contribution in [0, 0.1) is 20.8 Å². The van der Waals surface area contributed by atoms with Gasteiger partial charge in [-0.2, -0.15) is 0 Å². The Labute approximate surface area is 270 Å². The van der Waals surface area contributed by atoms with Gasteiger partial charge in [-0.1, -0.05) is 77.9 Å². The van der Waals surface area contributed by atoms with Crippen LogP contribution in [0.5, 0.6) is 0 Å². The first-order chi connectivity index (χ1) is 21.7. The van der Waals surface area contributed by atoms with Gasteiger partial charge in [0.2, 0.25) is 5.91 Å². The highest BCUT2D eigenvalue weighted by Gasteiger charge is 2.16. The fraction of sp³-hybridized carbons (Fsp3) is 0.111. The van der Waals surface area contributed by atoms with Crippen molar-refractivity contribution in [2.45, 2.75) is 25.7 Å². The topological polar surface area (TPSA) is 100 Å². The van der Waals surface area contributed by atoms with Crippen molar-refractivity contribution in [2.24, 2.45) is 0 Å². The zero-order valence-electron chi connectivity index (χ0n) is 25.1. The Balaban J connectivity index is 1.19. The van der Waals surface area contributed by atoms with Gasteiger partial charge in [-0.25, -0.2) is 4.98 Å². The van der Waals surface area contributed by atoms with Gasteiger partial charge in [0.15, 0.2) is 5.13 Å². The van der Waals surface area contributed by atoms with Crippen molar-refractivity contribution in [3.8, 4) is 11.3 Å². The van der Waals surface area contributed by atoms with E-state index in [-0.39, 0.29) is 23.3 Å². The van der Waals surface area contributed by atoms with Gasteiger partial charge in [0.25, 0.3) is 11.8 Å². The monoisotopic (exact) mass is 632 g/mol. The second-order valence-corrected chi connectivity index (χ2v) is 12.6. The molecule has 0 radical (unpaired) electrons. The third-order valence-corrected chi connectivity index (χ3v) is 8.63. The molecule has 4 aromatic carbocycles. The van der Waals surface area contributed by atoms with E-state index in [1.54, 1.807) is 42.5 Å². The molecule has 0 saturated heterocycles. The highest BCUT2D eigenvalue weighted by molar-refractivity contribution is 8.00. The third-order valence-electron chi connectivity index (χ3n) is 6.73. The molecule has 5 rings (SSSR count). The number of aryl methyl sites for hydroxylation is 3. The average Bonchev–Trinajstić information content (AvgIpc) is 3.40. The minimum Gasteiger partial charge on any atom is -0.321 e. The summed E-state index contributed by atoms with van der Waals surface area (Å²) in [4.78, 5) is 45.4. The van der Waals surface area contributed by atoms with E-state index >= 15 is 0 Å². The van der Waals surface area contributed by atoms with Crippen LogP contribution in [0.15, 0.2) is 114 Å². The van der Waals surface area contributed by atoms with Crippen LogP contribution in [-0.2, 0) is 9.59 Å². The summed E-state index contributed by atoms with van der Waals surface area (Å²) in [7, 11) is 0. The highest BCUT2D eigenvalue weighted by Crippen LogP contribution is 2.31. The lowest BCUT2D eigenvalue weighted by molar-refractivity contribution is -0.114. The molecule has 0 aliphatic rings. The predicted octanol–water partition coefficient (Wildman–Crippen LogP) is 7.88. The second kappa shape index (κ2) is 14.7. The van der Waals surface area contributed by atoms with Gasteiger partial charge >= 0.3 is 0 Å². The number of hydrogen-bond acceptors (Lipinski definition) is 6. The summed E-state index contributed by atoms with van der Waals surface area (Å²) in [5.41, 5.74) is 6.02. The maximum absolute atomic E-state index is 13.3. The largest absolute Gasteiger partial charge is 0.321 e. The molecule has 1 aromatic heterocycles. The molecular weight excluding hydrogens is 601 g/mol. The lowest BCUT2D eigenvalue weighted by atomic mass is 10.1. The molecule has 0 atom stereocenters. The maximum atomic E-state index is 13.3. The van der Waals surface area contributed by atoms with Gasteiger partial charge in [0.05, 0.1) is 11.4 Å². The van der Waals surface area contributed by atoms with E-state index in [1.807, 2.05) is 87.5 Å². The number of nitrogens with zero attached hydrogens (tertiary/aromatic N) is 1. The Morgan fingerprint density at radius 1 is 0.800 bits per heavy atom. The first kappa shape index (κ1) is 31.4. The molecule has 5 aromatic rings. The van der Waals surface area contributed by atoms with Crippen molar-refractivity contribution in [3.63, 3.8) is 0 Å². The summed E-state index contributed by atoms with van der Waals surface area (Å²) in [5, 5.41) is 9.10. The first-order valence-electron chi connectivity index (χ1n) is 14.3. The van der Waals surface area contributed by atoms with Crippen LogP contribution in [0.1, 0.15) is 31.9 Å². The summed E-state index contributed by atoms with van der Waals surface area (Å²) in [6.45, 7) is 6.00. The summed E-state index contributed by atoms with van der Waals surface area (Å²) in [6.07, 6.45) is 1.65. The number of amides is 3. The lowest BCUT2D eigenvalue weighted by Gasteiger charge is -2.12. The van der Waals surface area contributed by atoms with E-state index in [4.69, 9.17) is 0 Å². The number of anilines is 2. The number of carbonyl (C=O) groups is 3. The van der Waals surface area contributed by atoms with Crippen LogP contribution in [0.3, 0.4) is 0 Å². The Morgan fingerprint density at radius 2 is 1.53 bits per heavy atom. The summed E-state index contributed by atoms with van der Waals surface area (Å²) in [5.74, 6) is -0.779. The number of hydrogen-bond donors (Lipinski definition) is 3. The average molecular weight is 633 g/mol. The molecule has 0 bridgehead atoms. The van der Waals surface area contributed by atoms with Crippen LogP contribution in [-0.4, -0.2) is 28.5 Å². The zero-order chi connectivity index (χ0) is 31.8. The smallest absolute Gasteiger partial charge is 0.272 e. The summed E-state index contributed by atoms with van der Waals surface area (Å²) >= 11 is 2.84. The molecule has 45 heavy (non-hydrogen) atoms. The number of aromatic nitrogens is 1. The predicted molar refractivity (Wildman–Crippen MR) is 185 cm³/mol. The van der Waals surface area contributed by atoms with E-state index in [2.05, 4.69) is 20.9 Å². The Morgan fingerprint density at radius 3 is 2.24 bits per heavy atom. The lowest BCUT2D eigenvalue weighted by Crippen LogP contribution is -2.30. The van der Waals surface area contributed by atoms with Gasteiger partial charge in [0.1, 0.15) is 5.70 Å². The van der Waals surface area contributed by atoms with Crippen LogP contribution < -0.4 is 16.0 Å². The molecule has 0 unspecified atom stereocenters. The van der Waals surface area contributed by atoms with Gasteiger partial charge in [-0.3, -0.25) is 14.4 Å². The number of carbonyl (C=O) groups excluding carboxylic acids is 3. The van der Waals surface area contributed by atoms with E-state index in [0.29, 0.717) is 16.4 Å². The van der Waals surface area contributed by atoms with Gasteiger partial charge < -0.3 is 16.0 Å². The summed E-state index contributed by atoms with van der Waals surface area (Å²) < 4.78 is 0. The number of thiazole rings is 1. The van der Waals surface area contributed by atoms with Crippen molar-refractivity contribution < 1.29 is 14.4 Å². The van der Waals surface area contributed by atoms with E-state index in [0.717, 1.165) is 32.2 Å². The number of thioether (sulfide) groups is 1. The van der Waals surface area contributed by atoms with Gasteiger partial charge in [-0.05, 0) is 68.8 Å². The highest BCUT2D eigenvalue weighted by atomic mass is 32.2. The molecule has 0 saturated carbocycles. The van der Waals surface area contributed by atoms with Crippen molar-refractivity contribution in [3.05, 3.63) is 136 Å². The number of nitrogens with one attached hydrogen (secondary N) is 3. The van der Waals surface area contributed by atoms with E-state index in [1.165, 1.54) is 28.7 Å². The van der Waals surface area contributed by atoms with Crippen molar-refractivity contribution in [1.29, 1.82) is 0 Å². The molecule has 0 fully saturated rings. The normalized spacial score (nSPS) is 11.1. The Bertz CT molecular complexity index is 1850. The standard InChI is InChI=1S/C36H32N4O3S2/c1-23-12-14-27(15-13-23)33-25(3)45-36(40-33)39-32(41)22-44-30-18-16-29(17-19-30)37-35(43)31(21-26-9-7-8-24(2)20-26)38-34(42)28-10-5-4-6-11-28/h4-21H,22H2,1-3H3,(H,37,43)(H,38,42)(H,39,40,41)/b31-21-. The molecule has 3 N–H and O–H groups in total. The summed E-state index contributed by atoms with van der Waals surface area (Å²) in [6, 6.07) is 31.8. The van der Waals surface area contributed by atoms with Crippen molar-refractivity contribution in [2.75, 3.05) is 16.4 Å². The molecule has 226 valence electrons. The van der Waals surface area contributed by atoms with Gasteiger partial charge in [-0.15, -0.1) is 23.1 Å². The van der Waals surface area contributed by atoms with Crippen LogP contribution in [0.2, 0.25) is 0 Å². The molecule has 0 aliphatic heterocycles. The number of benzene rings is 4. The van der Waals surface area contributed by atoms with Crippen molar-refractivity contribution >= 4 is 57.7 Å². The minimum absolute atomic E-state index is 0.118. The molecule has 3 amide bonds. The molecular formula is C36H32N4O3S2. The van der Waals surface area contributed by atoms with E-state index < -0.39 is 5.91 Å². The fourth-order valence-corrected chi connectivity index (χ4v) is 5.99. The molecule has 9 heteroatoms. The third kappa shape index (κ3) is 8.78. The van der Waals surface area contributed by atoms with Crippen molar-refractivity contribution in [1.82, 2.24) is 10.3 Å². The maximum Gasteiger partial charge on any atom is 0.272 e. The Hall–Kier alpha value is -4.99. The van der Waals surface area contributed by atoms with Crippen LogP contribution in [0.25, 0.3) is 17.3 Å². The molecule has 0 aliphatic carbocycles. The van der Waals surface area contributed by atoms with Gasteiger partial charge in [0, 0.05) is 26.6 Å². The minimum atomic E-state index is -0.454. The first-order valence-corrected chi connectivity index (χ1v) is 16.1. The second-order valence-electron chi connectivity index (χ2n) is 10.4. The van der Waals surface area contributed by atoms with Crippen LogP contribution >= 0.6 is 23.1 Å². The SMILES string of the molecule is Cc1ccc(-c2nc(NC(=O)CSc3ccc(NC(=O)/C(=C/c4cccc(C)c4)NC(=O)c4ccccc4)cc3)sc2C)cc1. The molecule has 7 nitrogen and oxygen atoms in total.